The van der Waals surface area contributed by atoms with Crippen molar-refractivity contribution in [3.8, 4) is 10.4 Å². The van der Waals surface area contributed by atoms with Crippen LogP contribution in [0.1, 0.15) is 162 Å². The fraction of sp³-hybridized carbons (Fsp3) is 0.492. The van der Waals surface area contributed by atoms with Gasteiger partial charge in [-0.05, 0) is 92.5 Å². The second-order valence-corrected chi connectivity index (χ2v) is 22.7. The smallest absolute Gasteiger partial charge is 0.260 e. The van der Waals surface area contributed by atoms with Crippen LogP contribution in [0.2, 0.25) is 0 Å². The van der Waals surface area contributed by atoms with Crippen LogP contribution in [0.25, 0.3) is 10.4 Å². The van der Waals surface area contributed by atoms with Gasteiger partial charge in [-0.3, -0.25) is 24.0 Å². The molecule has 76 heavy (non-hydrogen) atoms. The molecule has 0 bridgehead atoms. The molecule has 0 unspecified atom stereocenters. The summed E-state index contributed by atoms with van der Waals surface area (Å²) in [5, 5.41) is 23.1. The number of aryl methyl sites for hydroxylation is 1. The van der Waals surface area contributed by atoms with Crippen molar-refractivity contribution < 1.29 is 29.1 Å². The molecule has 5 N–H and O–H groups in total. The number of aromatic nitrogens is 3. The number of rotatable bonds is 22. The predicted molar refractivity (Wildman–Crippen MR) is 300 cm³/mol. The van der Waals surface area contributed by atoms with Crippen LogP contribution in [-0.4, -0.2) is 98.9 Å². The maximum Gasteiger partial charge on any atom is 0.260 e. The Hall–Kier alpha value is -6.72. The summed E-state index contributed by atoms with van der Waals surface area (Å²) in [5.74, 6) is 0.0115. The van der Waals surface area contributed by atoms with Gasteiger partial charge in [0.25, 0.3) is 11.8 Å². The molecule has 1 saturated heterocycles. The van der Waals surface area contributed by atoms with Crippen LogP contribution >= 0.6 is 11.3 Å². The Morgan fingerprint density at radius 3 is 2.17 bits per heavy atom. The van der Waals surface area contributed by atoms with Gasteiger partial charge in [-0.2, -0.15) is 4.98 Å². The van der Waals surface area contributed by atoms with Crippen LogP contribution in [0.4, 0.5) is 28.8 Å². The lowest BCUT2D eigenvalue weighted by Gasteiger charge is -2.35. The van der Waals surface area contributed by atoms with E-state index in [1.165, 1.54) is 4.90 Å². The van der Waals surface area contributed by atoms with Gasteiger partial charge in [0.15, 0.2) is 5.82 Å². The number of hydrogen-bond donors (Lipinski definition) is 5. The Balaban J connectivity index is 0.698. The first-order chi connectivity index (χ1) is 36.6. The lowest BCUT2D eigenvalue weighted by molar-refractivity contribution is -0.144. The van der Waals surface area contributed by atoms with Crippen molar-refractivity contribution >= 4 is 69.7 Å². The number of nitrogens with zero attached hydrogens (tertiary/aromatic N) is 6. The molecule has 17 heteroatoms. The molecule has 5 aromatic rings. The van der Waals surface area contributed by atoms with E-state index in [1.807, 2.05) is 101 Å². The summed E-state index contributed by atoms with van der Waals surface area (Å²) in [6.07, 6.45) is 14.6. The van der Waals surface area contributed by atoms with E-state index in [4.69, 9.17) is 4.98 Å². The normalized spacial score (nSPS) is 17.4. The lowest BCUT2D eigenvalue weighted by Crippen LogP contribution is -2.57. The number of nitrogens with one attached hydrogen (secondary N) is 4. The van der Waals surface area contributed by atoms with E-state index in [1.54, 1.807) is 41.6 Å². The number of benzene rings is 3. The highest BCUT2D eigenvalue weighted by Gasteiger charge is 2.45. The van der Waals surface area contributed by atoms with Crippen LogP contribution in [0.15, 0.2) is 84.5 Å². The highest BCUT2D eigenvalue weighted by Crippen LogP contribution is 2.43. The first-order valence-corrected chi connectivity index (χ1v) is 28.2. The molecule has 4 atom stereocenters. The molecule has 2 fully saturated rings. The molecule has 404 valence electrons. The Morgan fingerprint density at radius 2 is 1.50 bits per heavy atom. The summed E-state index contributed by atoms with van der Waals surface area (Å²) in [5.41, 5.74) is 7.65. The number of aliphatic hydroxyl groups excluding tert-OH is 1. The first-order valence-electron chi connectivity index (χ1n) is 27.3. The second kappa shape index (κ2) is 25.4. The highest BCUT2D eigenvalue weighted by molar-refractivity contribution is 7.13. The van der Waals surface area contributed by atoms with Crippen molar-refractivity contribution in [2.45, 2.75) is 161 Å². The molecule has 0 spiro atoms. The third-order valence-corrected chi connectivity index (χ3v) is 16.0. The molecule has 3 aromatic carbocycles. The summed E-state index contributed by atoms with van der Waals surface area (Å²) in [7, 11) is 1.77. The molecule has 1 saturated carbocycles. The molecule has 8 rings (SSSR count). The fourth-order valence-electron chi connectivity index (χ4n) is 10.7. The monoisotopic (exact) mass is 1050 g/mol. The average Bonchev–Trinajstić information content (AvgIpc) is 4.23. The summed E-state index contributed by atoms with van der Waals surface area (Å²) in [6, 6.07) is 21.2. The fourth-order valence-corrected chi connectivity index (χ4v) is 11.5. The van der Waals surface area contributed by atoms with Crippen LogP contribution in [0, 0.1) is 12.3 Å². The summed E-state index contributed by atoms with van der Waals surface area (Å²) >= 11 is 1.58. The van der Waals surface area contributed by atoms with Crippen LogP contribution < -0.4 is 31.1 Å². The molecule has 0 radical (unpaired) electrons. The predicted octanol–water partition coefficient (Wildman–Crippen LogP) is 10.3. The summed E-state index contributed by atoms with van der Waals surface area (Å²) in [6.45, 7) is 10.2. The molecule has 16 nitrogen and oxygen atoms in total. The van der Waals surface area contributed by atoms with Crippen molar-refractivity contribution in [1.29, 1.82) is 0 Å². The number of carbonyl (C=O) groups excluding carboxylic acids is 5. The maximum atomic E-state index is 14.1. The Bertz CT molecular complexity index is 2810. The number of carbonyl (C=O) groups is 5. The number of likely N-dealkylation sites (tertiary alicyclic amines) is 1. The molecule has 3 aliphatic rings. The zero-order valence-corrected chi connectivity index (χ0v) is 45.9. The van der Waals surface area contributed by atoms with Gasteiger partial charge in [-0.25, -0.2) is 9.97 Å². The van der Waals surface area contributed by atoms with Crippen LogP contribution in [-0.2, 0) is 14.4 Å². The Morgan fingerprint density at radius 1 is 0.829 bits per heavy atom. The average molecular weight is 1050 g/mol. The van der Waals surface area contributed by atoms with E-state index in [0.717, 1.165) is 110 Å². The minimum Gasteiger partial charge on any atom is -0.391 e. The Kier molecular flexibility index (Phi) is 18.6. The van der Waals surface area contributed by atoms with Gasteiger partial charge in [0, 0.05) is 50.3 Å². The third-order valence-electron chi connectivity index (χ3n) is 15.1. The molecular formula is C59H76N10O6S. The molecular weight excluding hydrogens is 977 g/mol. The van der Waals surface area contributed by atoms with Gasteiger partial charge in [0.2, 0.25) is 23.7 Å². The number of amides is 5. The second-order valence-electron chi connectivity index (χ2n) is 21.9. The van der Waals surface area contributed by atoms with Crippen molar-refractivity contribution in [2.24, 2.45) is 5.41 Å². The first kappa shape index (κ1) is 55.5. The van der Waals surface area contributed by atoms with Crippen molar-refractivity contribution in [2.75, 3.05) is 35.3 Å². The van der Waals surface area contributed by atoms with Crippen LogP contribution in [0.5, 0.6) is 0 Å². The van der Waals surface area contributed by atoms with Gasteiger partial charge < -0.3 is 41.1 Å². The minimum atomic E-state index is -0.858. The summed E-state index contributed by atoms with van der Waals surface area (Å²) < 4.78 is 0. The number of fused-ring (bicyclic) bond motifs is 2. The van der Waals surface area contributed by atoms with Gasteiger partial charge in [-0.1, -0.05) is 115 Å². The van der Waals surface area contributed by atoms with Gasteiger partial charge in [0.05, 0.1) is 45.7 Å². The number of anilines is 5. The molecule has 1 aliphatic carbocycles. The molecule has 5 amide bonds. The van der Waals surface area contributed by atoms with Gasteiger partial charge in [-0.15, -0.1) is 11.3 Å². The quantitative estimate of drug-likeness (QED) is 0.0413. The van der Waals surface area contributed by atoms with E-state index in [-0.39, 0.29) is 54.6 Å². The van der Waals surface area contributed by atoms with Crippen LogP contribution in [0.3, 0.4) is 0 Å². The van der Waals surface area contributed by atoms with E-state index in [9.17, 15) is 29.1 Å². The van der Waals surface area contributed by atoms with Crippen molar-refractivity contribution in [3.63, 3.8) is 0 Å². The SMILES string of the molecule is Cc1ncsc1-c1ccc([C@H](C)NC(=O)[C@@H]2C[C@@H](O)CN2C(=O)[C@@H](NC(=O)CCCCCCCCCCCNC(=O)c2ccc(Nc3ncc4c(n3)N(C3CCCC3)c3ccccc3C(=O)N4C)cc2)C(C)(C)C)cc1. The van der Waals surface area contributed by atoms with Gasteiger partial charge in [0.1, 0.15) is 17.8 Å². The zero-order chi connectivity index (χ0) is 53.9. The van der Waals surface area contributed by atoms with Gasteiger partial charge >= 0.3 is 0 Å². The van der Waals surface area contributed by atoms with E-state index in [2.05, 4.69) is 36.1 Å². The summed E-state index contributed by atoms with van der Waals surface area (Å²) in [4.78, 5) is 87.9. The largest absolute Gasteiger partial charge is 0.391 e. The van der Waals surface area contributed by atoms with E-state index < -0.39 is 23.6 Å². The van der Waals surface area contributed by atoms with Crippen molar-refractivity contribution in [3.05, 3.63) is 107 Å². The molecule has 2 aliphatic heterocycles. The molecule has 4 heterocycles. The number of para-hydroxylation sites is 1. The number of aliphatic hydroxyl groups is 1. The minimum absolute atomic E-state index is 0.0262. The highest BCUT2D eigenvalue weighted by atomic mass is 32.1. The maximum absolute atomic E-state index is 14.1. The zero-order valence-electron chi connectivity index (χ0n) is 45.1. The topological polar surface area (TPSA) is 202 Å². The Labute approximate surface area is 451 Å². The van der Waals surface area contributed by atoms with Crippen molar-refractivity contribution in [1.82, 2.24) is 35.8 Å². The van der Waals surface area contributed by atoms with E-state index >= 15 is 0 Å². The number of hydrogen-bond acceptors (Lipinski definition) is 12. The van der Waals surface area contributed by atoms with E-state index in [0.29, 0.717) is 48.0 Å². The number of thiazole rings is 1. The number of β-amino-alcohol motifs (C(OH)–C–C–N with tert-alkyl or cyclic N) is 1. The number of unbranched alkanes of at least 4 members (excludes halogenated alkanes) is 8. The lowest BCUT2D eigenvalue weighted by atomic mass is 9.85. The standard InChI is InChI=1S/C59H76N10O6S/c1-38(40-25-27-41(28-26-40)51-39(2)62-37-76-51)63-55(73)48-34-45(70)36-68(48)57(75)52(59(3,4)5)65-50(71)24-14-12-10-8-7-9-11-13-19-33-60-54(72)42-29-31-43(32-30-42)64-58-61-35-49-53(66-58)69(44-20-15-16-21-44)47-23-18-17-22-46(47)56(74)67(49)6/h17-18,22-23,25-32,35,37-38,44-45,48,52,70H,7-16,19-21,24,33-34,36H2,1-6H3,(H,60,72)(H,63,73)(H,65,71)(H,61,64,66)/t38-,45+,48-,52+/m0/s1. The molecule has 2 aromatic heterocycles. The third kappa shape index (κ3) is 13.6.